The quantitative estimate of drug-likeness (QED) is 0.546. The number of amides is 1. The number of carbonyl (C=O) groups is 1. The van der Waals surface area contributed by atoms with Gasteiger partial charge < -0.3 is 19.5 Å². The first-order valence-electron chi connectivity index (χ1n) is 11.3. The van der Waals surface area contributed by atoms with Crippen molar-refractivity contribution < 1.29 is 27.6 Å². The van der Waals surface area contributed by atoms with Gasteiger partial charge in [0.15, 0.2) is 11.9 Å². The van der Waals surface area contributed by atoms with Gasteiger partial charge in [-0.2, -0.15) is 9.46 Å². The molecule has 4 atom stereocenters. The Morgan fingerprint density at radius 2 is 2.23 bits per heavy atom. The largest absolute Gasteiger partial charge is 0.483 e. The maximum absolute atomic E-state index is 14.1. The van der Waals surface area contributed by atoms with Crippen LogP contribution < -0.4 is 10.1 Å². The highest BCUT2D eigenvalue weighted by molar-refractivity contribution is 7.93. The highest BCUT2D eigenvalue weighted by Crippen LogP contribution is 2.35. The summed E-state index contributed by atoms with van der Waals surface area (Å²) in [6.45, 7) is 4.42. The molecule has 1 aromatic carbocycles. The van der Waals surface area contributed by atoms with E-state index in [4.69, 9.17) is 14.2 Å². The van der Waals surface area contributed by atoms with E-state index in [1.807, 2.05) is 0 Å². The molecule has 2 aliphatic rings. The Labute approximate surface area is 202 Å². The van der Waals surface area contributed by atoms with Gasteiger partial charge in [0.2, 0.25) is 0 Å². The zero-order valence-electron chi connectivity index (χ0n) is 19.6. The van der Waals surface area contributed by atoms with E-state index in [-0.39, 0.29) is 35.4 Å². The third-order valence-corrected chi connectivity index (χ3v) is 7.89. The van der Waals surface area contributed by atoms with Gasteiger partial charge in [-0.25, -0.2) is 18.1 Å². The second-order valence-corrected chi connectivity index (χ2v) is 11.3. The van der Waals surface area contributed by atoms with Gasteiger partial charge >= 0.3 is 0 Å². The number of aromatic nitrogens is 3. The summed E-state index contributed by atoms with van der Waals surface area (Å²) in [6, 6.07) is 4.17. The summed E-state index contributed by atoms with van der Waals surface area (Å²) in [5.41, 5.74) is 1.86. The average molecular weight is 504 g/mol. The molecule has 0 aliphatic carbocycles. The van der Waals surface area contributed by atoms with Crippen LogP contribution in [0.25, 0.3) is 5.52 Å². The van der Waals surface area contributed by atoms with Crippen LogP contribution in [0.4, 0.5) is 15.9 Å². The van der Waals surface area contributed by atoms with Crippen molar-refractivity contribution in [1.82, 2.24) is 14.6 Å². The van der Waals surface area contributed by atoms with Crippen molar-refractivity contribution in [3.05, 3.63) is 47.7 Å². The second-order valence-electron chi connectivity index (χ2n) is 8.63. The Balaban J connectivity index is 1.48. The molecular formula is C23H26FN5O5S. The lowest BCUT2D eigenvalue weighted by atomic mass is 10.1. The first-order chi connectivity index (χ1) is 16.8. The summed E-state index contributed by atoms with van der Waals surface area (Å²) >= 11 is 0. The SMILES string of the molecule is CCS(C)(=O)=NC(=O)c1cn2ncnc(Nc3ccc(F)cc3O[C@@H]3CO[C@@H]4CCO[C@@H]43)c2c1C. The van der Waals surface area contributed by atoms with Crippen LogP contribution in [0.15, 0.2) is 35.1 Å². The predicted molar refractivity (Wildman–Crippen MR) is 127 cm³/mol. The lowest BCUT2D eigenvalue weighted by Gasteiger charge is -2.20. The summed E-state index contributed by atoms with van der Waals surface area (Å²) in [5.74, 6) is -0.0850. The Kier molecular flexibility index (Phi) is 6.20. The van der Waals surface area contributed by atoms with Crippen LogP contribution in [0.1, 0.15) is 29.3 Å². The van der Waals surface area contributed by atoms with Crippen LogP contribution in [0, 0.1) is 12.7 Å². The molecule has 2 aromatic heterocycles. The molecule has 2 aliphatic heterocycles. The molecular weight excluding hydrogens is 477 g/mol. The molecule has 3 aromatic rings. The number of anilines is 2. The van der Waals surface area contributed by atoms with Crippen LogP contribution in [0.2, 0.25) is 0 Å². The first-order valence-corrected chi connectivity index (χ1v) is 13.4. The Hall–Kier alpha value is -3.09. The highest BCUT2D eigenvalue weighted by atomic mass is 32.2. The molecule has 186 valence electrons. The van der Waals surface area contributed by atoms with Gasteiger partial charge in [0, 0.05) is 30.9 Å². The lowest BCUT2D eigenvalue weighted by molar-refractivity contribution is 0.0310. The van der Waals surface area contributed by atoms with Gasteiger partial charge in [0.05, 0.1) is 33.7 Å². The fraction of sp³-hybridized carbons (Fsp3) is 0.435. The minimum absolute atomic E-state index is 0.0123. The molecule has 2 fully saturated rings. The molecule has 1 N–H and O–H groups in total. The van der Waals surface area contributed by atoms with Crippen molar-refractivity contribution in [3.8, 4) is 5.75 Å². The number of ether oxygens (including phenoxy) is 3. The zero-order chi connectivity index (χ0) is 24.7. The summed E-state index contributed by atoms with van der Waals surface area (Å²) in [6.07, 6.45) is 4.56. The van der Waals surface area contributed by atoms with Crippen LogP contribution in [0.3, 0.4) is 0 Å². The molecule has 0 bridgehead atoms. The molecule has 0 spiro atoms. The normalized spacial score (nSPS) is 23.1. The van der Waals surface area contributed by atoms with E-state index in [9.17, 15) is 13.4 Å². The third kappa shape index (κ3) is 4.60. The topological polar surface area (TPSA) is 116 Å². The minimum Gasteiger partial charge on any atom is -0.483 e. The average Bonchev–Trinajstić information content (AvgIpc) is 3.52. The van der Waals surface area contributed by atoms with Gasteiger partial charge in [-0.3, -0.25) is 4.79 Å². The molecule has 1 amide bonds. The molecule has 5 rings (SSSR count). The molecule has 0 saturated carbocycles. The van der Waals surface area contributed by atoms with Gasteiger partial charge in [-0.05, 0) is 31.0 Å². The maximum Gasteiger partial charge on any atom is 0.286 e. The van der Waals surface area contributed by atoms with Gasteiger partial charge in [0.1, 0.15) is 29.5 Å². The number of rotatable bonds is 6. The van der Waals surface area contributed by atoms with E-state index in [1.54, 1.807) is 19.9 Å². The maximum atomic E-state index is 14.1. The van der Waals surface area contributed by atoms with Crippen molar-refractivity contribution in [2.24, 2.45) is 4.36 Å². The molecule has 1 unspecified atom stereocenters. The van der Waals surface area contributed by atoms with Crippen molar-refractivity contribution >= 4 is 32.7 Å². The van der Waals surface area contributed by atoms with Crippen molar-refractivity contribution in [2.45, 2.75) is 38.6 Å². The summed E-state index contributed by atoms with van der Waals surface area (Å²) in [4.78, 5) is 17.1. The lowest BCUT2D eigenvalue weighted by Crippen LogP contribution is -2.32. The van der Waals surface area contributed by atoms with E-state index >= 15 is 0 Å². The first kappa shape index (κ1) is 23.6. The van der Waals surface area contributed by atoms with Gasteiger partial charge in [-0.15, -0.1) is 0 Å². The Morgan fingerprint density at radius 1 is 1.40 bits per heavy atom. The molecule has 35 heavy (non-hydrogen) atoms. The number of fused-ring (bicyclic) bond motifs is 2. The van der Waals surface area contributed by atoms with Crippen LogP contribution in [-0.4, -0.2) is 68.2 Å². The van der Waals surface area contributed by atoms with E-state index in [1.165, 1.54) is 35.4 Å². The molecule has 10 nitrogen and oxygen atoms in total. The van der Waals surface area contributed by atoms with E-state index in [0.29, 0.717) is 35.8 Å². The van der Waals surface area contributed by atoms with Gasteiger partial charge in [0.25, 0.3) is 5.91 Å². The van der Waals surface area contributed by atoms with Crippen molar-refractivity contribution in [1.29, 1.82) is 0 Å². The van der Waals surface area contributed by atoms with Crippen LogP contribution >= 0.6 is 0 Å². The monoisotopic (exact) mass is 503 g/mol. The molecule has 2 saturated heterocycles. The number of nitrogens with one attached hydrogen (secondary N) is 1. The molecule has 4 heterocycles. The minimum atomic E-state index is -2.62. The zero-order valence-corrected chi connectivity index (χ0v) is 20.4. The van der Waals surface area contributed by atoms with Crippen molar-refractivity contribution in [3.63, 3.8) is 0 Å². The second kappa shape index (κ2) is 9.17. The van der Waals surface area contributed by atoms with Gasteiger partial charge in [-0.1, -0.05) is 6.92 Å². The Bertz CT molecular complexity index is 1420. The fourth-order valence-corrected chi connectivity index (χ4v) is 4.85. The predicted octanol–water partition coefficient (Wildman–Crippen LogP) is 3.11. The number of aryl methyl sites for hydroxylation is 1. The number of hydrogen-bond donors (Lipinski definition) is 1. The fourth-order valence-electron chi connectivity index (χ4n) is 4.28. The Morgan fingerprint density at radius 3 is 3.03 bits per heavy atom. The number of hydrogen-bond acceptors (Lipinski definition) is 8. The molecule has 12 heteroatoms. The standard InChI is InChI=1S/C23H26FN5O5S/c1-4-35(3,31)28-23(30)15-10-29-20(13(15)2)22(25-12-26-29)27-16-6-5-14(24)9-18(16)34-19-11-33-17-7-8-32-21(17)19/h5-6,9-10,12,17,19,21H,4,7-8,11H2,1-3H3,(H,25,26,27)/t17-,19-,21+,35?/m1/s1. The number of carbonyl (C=O) groups excluding carboxylic acids is 1. The van der Waals surface area contributed by atoms with Crippen LogP contribution in [0.5, 0.6) is 5.75 Å². The number of nitrogens with zero attached hydrogens (tertiary/aromatic N) is 4. The van der Waals surface area contributed by atoms with E-state index < -0.39 is 21.5 Å². The van der Waals surface area contributed by atoms with Crippen LogP contribution in [-0.2, 0) is 19.2 Å². The van der Waals surface area contributed by atoms with E-state index in [2.05, 4.69) is 19.8 Å². The summed E-state index contributed by atoms with van der Waals surface area (Å²) < 4.78 is 49.5. The molecule has 0 radical (unpaired) electrons. The third-order valence-electron chi connectivity index (χ3n) is 6.26. The number of halogens is 1. The van der Waals surface area contributed by atoms with Crippen molar-refractivity contribution in [2.75, 3.05) is 30.5 Å². The number of benzene rings is 1. The highest BCUT2D eigenvalue weighted by Gasteiger charge is 2.43. The summed E-state index contributed by atoms with van der Waals surface area (Å²) in [5, 5.41) is 7.38. The smallest absolute Gasteiger partial charge is 0.286 e. The summed E-state index contributed by atoms with van der Waals surface area (Å²) in [7, 11) is -2.62. The van der Waals surface area contributed by atoms with E-state index in [0.717, 1.165) is 6.42 Å².